The Hall–Kier alpha value is -2.95. The van der Waals surface area contributed by atoms with E-state index in [9.17, 15) is 39.3 Å². The van der Waals surface area contributed by atoms with E-state index < -0.39 is 57.6 Å². The number of carboxylic acid groups (broad SMARTS) is 3. The zero-order valence-electron chi connectivity index (χ0n) is 38.1. The van der Waals surface area contributed by atoms with Crippen LogP contribution < -0.4 is 0 Å². The summed E-state index contributed by atoms with van der Waals surface area (Å²) in [5.74, 6) is -3.26. The number of carbonyl (C=O) groups is 5. The Morgan fingerprint density at radius 2 is 1.24 bits per heavy atom. The van der Waals surface area contributed by atoms with Crippen LogP contribution in [-0.4, -0.2) is 70.1 Å². The minimum absolute atomic E-state index is 0.0105. The molecule has 58 heavy (non-hydrogen) atoms. The average Bonchev–Trinajstić information content (AvgIpc) is 3.09. The maximum absolute atomic E-state index is 13.5. The summed E-state index contributed by atoms with van der Waals surface area (Å²) >= 11 is 0. The van der Waals surface area contributed by atoms with Crippen LogP contribution in [0.5, 0.6) is 0 Å². The number of aliphatic hydroxyl groups excluding tert-OH is 1. The third kappa shape index (κ3) is 9.34. The van der Waals surface area contributed by atoms with Crippen LogP contribution in [0.25, 0.3) is 0 Å². The van der Waals surface area contributed by atoms with Crippen LogP contribution in [-0.2, 0) is 33.4 Å². The van der Waals surface area contributed by atoms with Crippen molar-refractivity contribution in [2.75, 3.05) is 13.7 Å². The standard InChI is InChI=1S/C44H68O10.C2H6.CH4O/c1-37(2)17-19-44(36(51)52)20-18-42(9)27(28(44)21-37)11-12-30-40(7)15-14-31(54-35(50)25-39(5,6)23-33(47)48)41(8,29(40)13-16-43(30,42)10)26-53-34(49)24-38(3,4)22-32(45)46;2*1-2/h11,28-31H,12-26H2,1-10H3,(H,45,46)(H,47,48)(H,51,52);1-2H3;2H,1H3/t28-,29?,30?,31-,40-,41-,42+,43+,44-;;/m0../s1. The van der Waals surface area contributed by atoms with Gasteiger partial charge in [-0.05, 0) is 114 Å². The van der Waals surface area contributed by atoms with Gasteiger partial charge in [0.1, 0.15) is 12.7 Å². The molecule has 0 amide bonds. The first-order valence-electron chi connectivity index (χ1n) is 21.8. The Labute approximate surface area is 348 Å². The van der Waals surface area contributed by atoms with Gasteiger partial charge in [-0.3, -0.25) is 24.0 Å². The normalized spacial score (nSPS) is 36.2. The highest BCUT2D eigenvalue weighted by Gasteiger charge is 2.70. The Balaban J connectivity index is 0.00000218. The van der Waals surface area contributed by atoms with E-state index in [0.29, 0.717) is 19.3 Å². The molecule has 0 radical (unpaired) electrons. The highest BCUT2D eigenvalue weighted by molar-refractivity contribution is 5.77. The molecule has 11 nitrogen and oxygen atoms in total. The number of rotatable bonds is 12. The summed E-state index contributed by atoms with van der Waals surface area (Å²) in [7, 11) is 1.00. The fourth-order valence-electron chi connectivity index (χ4n) is 13.0. The summed E-state index contributed by atoms with van der Waals surface area (Å²) in [5, 5.41) is 36.6. The molecule has 11 heteroatoms. The van der Waals surface area contributed by atoms with Gasteiger partial charge in [0.05, 0.1) is 31.1 Å². The van der Waals surface area contributed by atoms with E-state index in [1.807, 2.05) is 13.8 Å². The summed E-state index contributed by atoms with van der Waals surface area (Å²) in [6.07, 6.45) is 9.38. The quantitative estimate of drug-likeness (QED) is 0.109. The first-order chi connectivity index (χ1) is 26.7. The molecule has 0 spiro atoms. The number of esters is 2. The molecule has 0 aromatic carbocycles. The monoisotopic (exact) mass is 819 g/mol. The number of carbonyl (C=O) groups excluding carboxylic acids is 2. The van der Waals surface area contributed by atoms with Crippen molar-refractivity contribution < 1.29 is 53.9 Å². The SMILES string of the molecule is CC.CC(C)(CC(=O)O)CC(=O)OC[C@@]1(C)C2CC[C@]3(C)C(CC=C4[C@@H]5CC(C)(C)CC[C@]5(C(=O)O)CC[C@]43C)[C@@]2(C)CC[C@@H]1OC(=O)CC(C)(C)CC(=O)O.CO. The fraction of sp³-hybridized carbons (Fsp3) is 0.851. The summed E-state index contributed by atoms with van der Waals surface area (Å²) in [6.45, 7) is 24.9. The molecule has 4 fully saturated rings. The molecule has 2 unspecified atom stereocenters. The second-order valence-electron chi connectivity index (χ2n) is 21.7. The topological polar surface area (TPSA) is 185 Å². The van der Waals surface area contributed by atoms with Gasteiger partial charge >= 0.3 is 29.8 Å². The van der Waals surface area contributed by atoms with Crippen LogP contribution in [0.1, 0.15) is 173 Å². The first kappa shape index (κ1) is 49.4. The van der Waals surface area contributed by atoms with Crippen molar-refractivity contribution in [3.63, 3.8) is 0 Å². The van der Waals surface area contributed by atoms with Crippen LogP contribution in [0.3, 0.4) is 0 Å². The molecule has 0 aromatic rings. The third-order valence-corrected chi connectivity index (χ3v) is 16.1. The summed E-state index contributed by atoms with van der Waals surface area (Å²) in [6, 6.07) is 0. The van der Waals surface area contributed by atoms with E-state index in [1.54, 1.807) is 27.7 Å². The van der Waals surface area contributed by atoms with E-state index in [2.05, 4.69) is 47.6 Å². The van der Waals surface area contributed by atoms with Crippen molar-refractivity contribution in [3.8, 4) is 0 Å². The minimum Gasteiger partial charge on any atom is -0.481 e. The van der Waals surface area contributed by atoms with Crippen molar-refractivity contribution in [1.82, 2.24) is 0 Å². The smallest absolute Gasteiger partial charge is 0.310 e. The van der Waals surface area contributed by atoms with Gasteiger partial charge in [-0.15, -0.1) is 0 Å². The number of aliphatic carboxylic acids is 3. The molecule has 0 aromatic heterocycles. The maximum Gasteiger partial charge on any atom is 0.310 e. The van der Waals surface area contributed by atoms with Crippen molar-refractivity contribution >= 4 is 29.8 Å². The number of ether oxygens (including phenoxy) is 2. The Kier molecular flexibility index (Phi) is 15.0. The molecule has 0 saturated heterocycles. The van der Waals surface area contributed by atoms with E-state index in [-0.39, 0.29) is 71.7 Å². The van der Waals surface area contributed by atoms with Crippen molar-refractivity contribution in [2.45, 2.75) is 179 Å². The van der Waals surface area contributed by atoms with Crippen LogP contribution in [0.4, 0.5) is 0 Å². The fourth-order valence-corrected chi connectivity index (χ4v) is 13.0. The van der Waals surface area contributed by atoms with E-state index >= 15 is 0 Å². The van der Waals surface area contributed by atoms with E-state index in [4.69, 9.17) is 14.6 Å². The van der Waals surface area contributed by atoms with Gasteiger partial charge in [-0.2, -0.15) is 0 Å². The lowest BCUT2D eigenvalue weighted by molar-refractivity contribution is -0.228. The molecule has 5 aliphatic rings. The Bertz CT molecular complexity index is 1580. The summed E-state index contributed by atoms with van der Waals surface area (Å²) in [5.41, 5.74) is -2.11. The molecular formula is C47H78O11. The molecule has 0 bridgehead atoms. The molecule has 0 aliphatic heterocycles. The van der Waals surface area contributed by atoms with Crippen molar-refractivity contribution in [2.24, 2.45) is 61.1 Å². The molecule has 0 heterocycles. The highest BCUT2D eigenvalue weighted by Crippen LogP contribution is 2.76. The second-order valence-corrected chi connectivity index (χ2v) is 21.7. The Morgan fingerprint density at radius 3 is 1.78 bits per heavy atom. The summed E-state index contributed by atoms with van der Waals surface area (Å²) < 4.78 is 12.4. The van der Waals surface area contributed by atoms with Gasteiger partial charge < -0.3 is 29.9 Å². The van der Waals surface area contributed by atoms with Crippen molar-refractivity contribution in [1.29, 1.82) is 0 Å². The van der Waals surface area contributed by atoms with Gasteiger partial charge in [-0.1, -0.05) is 94.7 Å². The number of aliphatic hydroxyl groups is 1. The first-order valence-corrected chi connectivity index (χ1v) is 21.8. The van der Waals surface area contributed by atoms with Gasteiger partial charge in [-0.25, -0.2) is 0 Å². The van der Waals surface area contributed by atoms with Crippen molar-refractivity contribution in [3.05, 3.63) is 11.6 Å². The van der Waals surface area contributed by atoms with Crippen LogP contribution in [0.15, 0.2) is 11.6 Å². The Morgan fingerprint density at radius 1 is 0.707 bits per heavy atom. The van der Waals surface area contributed by atoms with Gasteiger partial charge in [0.25, 0.3) is 0 Å². The largest absolute Gasteiger partial charge is 0.481 e. The minimum atomic E-state index is -0.983. The molecule has 5 aliphatic carbocycles. The third-order valence-electron chi connectivity index (χ3n) is 16.1. The summed E-state index contributed by atoms with van der Waals surface area (Å²) in [4.78, 5) is 63.0. The lowest BCUT2D eigenvalue weighted by atomic mass is 9.33. The van der Waals surface area contributed by atoms with E-state index in [1.165, 1.54) is 5.57 Å². The number of fused-ring (bicyclic) bond motifs is 7. The molecular weight excluding hydrogens is 741 g/mol. The maximum atomic E-state index is 13.5. The van der Waals surface area contributed by atoms with Crippen LogP contribution in [0, 0.1) is 61.1 Å². The average molecular weight is 819 g/mol. The predicted octanol–water partition coefficient (Wildman–Crippen LogP) is 9.72. The van der Waals surface area contributed by atoms with E-state index in [0.717, 1.165) is 52.1 Å². The number of hydrogen-bond acceptors (Lipinski definition) is 8. The number of carboxylic acids is 3. The molecule has 9 atom stereocenters. The number of hydrogen-bond donors (Lipinski definition) is 4. The van der Waals surface area contributed by atoms with Gasteiger partial charge in [0.2, 0.25) is 0 Å². The zero-order chi connectivity index (χ0) is 44.5. The highest BCUT2D eigenvalue weighted by atomic mass is 16.6. The zero-order valence-corrected chi connectivity index (χ0v) is 38.1. The van der Waals surface area contributed by atoms with Gasteiger partial charge in [0.15, 0.2) is 0 Å². The molecule has 4 saturated carbocycles. The lowest BCUT2D eigenvalue weighted by Gasteiger charge is -2.71. The molecule has 332 valence electrons. The lowest BCUT2D eigenvalue weighted by Crippen LogP contribution is -2.66. The second kappa shape index (κ2) is 17.6. The van der Waals surface area contributed by atoms with Crippen LogP contribution in [0.2, 0.25) is 0 Å². The van der Waals surface area contributed by atoms with Gasteiger partial charge in [0, 0.05) is 12.5 Å². The van der Waals surface area contributed by atoms with Crippen LogP contribution >= 0.6 is 0 Å². The molecule has 4 N–H and O–H groups in total. The molecule has 5 rings (SSSR count). The number of allylic oxidation sites excluding steroid dienone is 2. The predicted molar refractivity (Wildman–Crippen MR) is 223 cm³/mol.